The van der Waals surface area contributed by atoms with Crippen molar-refractivity contribution in [3.05, 3.63) is 66.0 Å². The molecule has 2 aromatic rings. The van der Waals surface area contributed by atoms with Crippen molar-refractivity contribution in [2.75, 3.05) is 11.9 Å². The number of rotatable bonds is 5. The molecule has 1 heterocycles. The van der Waals surface area contributed by atoms with E-state index in [0.717, 1.165) is 5.56 Å². The van der Waals surface area contributed by atoms with Crippen LogP contribution in [0.3, 0.4) is 0 Å². The van der Waals surface area contributed by atoms with Crippen LogP contribution in [-0.4, -0.2) is 23.5 Å². The molecule has 2 rings (SSSR count). The fraction of sp³-hybridized carbons (Fsp3) is 0.118. The molecule has 0 unspecified atom stereocenters. The van der Waals surface area contributed by atoms with E-state index in [1.807, 2.05) is 0 Å². The lowest BCUT2D eigenvalue weighted by Crippen LogP contribution is -2.13. The van der Waals surface area contributed by atoms with Gasteiger partial charge in [-0.15, -0.1) is 0 Å². The molecule has 0 fully saturated rings. The Labute approximate surface area is 128 Å². The fourth-order valence-corrected chi connectivity index (χ4v) is 1.72. The van der Waals surface area contributed by atoms with Gasteiger partial charge in [-0.05, 0) is 42.8 Å². The average Bonchev–Trinajstić information content (AvgIpc) is 2.55. The molecule has 0 atom stereocenters. The van der Waals surface area contributed by atoms with Crippen molar-refractivity contribution in [1.29, 1.82) is 0 Å². The van der Waals surface area contributed by atoms with Crippen LogP contribution in [0, 0.1) is 0 Å². The molecule has 0 saturated heterocycles. The van der Waals surface area contributed by atoms with Crippen molar-refractivity contribution in [3.63, 3.8) is 0 Å². The smallest absolute Gasteiger partial charge is 0.330 e. The van der Waals surface area contributed by atoms with E-state index in [1.54, 1.807) is 61.7 Å². The molecule has 0 aliphatic heterocycles. The summed E-state index contributed by atoms with van der Waals surface area (Å²) in [5, 5.41) is 2.75. The van der Waals surface area contributed by atoms with E-state index < -0.39 is 0 Å². The second-order valence-corrected chi connectivity index (χ2v) is 4.38. The first kappa shape index (κ1) is 15.4. The molecule has 1 aromatic carbocycles. The summed E-state index contributed by atoms with van der Waals surface area (Å²) in [6, 6.07) is 12.3. The van der Waals surface area contributed by atoms with Gasteiger partial charge in [0.2, 0.25) is 0 Å². The van der Waals surface area contributed by atoms with Gasteiger partial charge in [0.05, 0.1) is 6.61 Å². The summed E-state index contributed by atoms with van der Waals surface area (Å²) in [5.41, 5.74) is 1.85. The molecule has 0 bridgehead atoms. The van der Waals surface area contributed by atoms with Crippen LogP contribution in [0.4, 0.5) is 5.69 Å². The maximum Gasteiger partial charge on any atom is 0.330 e. The highest BCUT2D eigenvalue weighted by atomic mass is 16.5. The topological polar surface area (TPSA) is 68.3 Å². The summed E-state index contributed by atoms with van der Waals surface area (Å²) < 4.78 is 4.80. The minimum absolute atomic E-state index is 0.268. The number of carbonyl (C=O) groups excluding carboxylic acids is 2. The Balaban J connectivity index is 1.97. The van der Waals surface area contributed by atoms with Gasteiger partial charge in [-0.25, -0.2) is 4.79 Å². The molecule has 0 spiro atoms. The zero-order valence-electron chi connectivity index (χ0n) is 12.2. The Hall–Kier alpha value is -2.95. The van der Waals surface area contributed by atoms with Gasteiger partial charge < -0.3 is 10.1 Å². The van der Waals surface area contributed by atoms with E-state index in [2.05, 4.69) is 10.3 Å². The lowest BCUT2D eigenvalue weighted by Gasteiger charge is -2.04. The van der Waals surface area contributed by atoms with Crippen LogP contribution in [0.5, 0.6) is 0 Å². The van der Waals surface area contributed by atoms with Gasteiger partial charge in [0.25, 0.3) is 5.91 Å². The Kier molecular flexibility index (Phi) is 5.43. The highest BCUT2D eigenvalue weighted by Gasteiger charge is 2.06. The number of pyridine rings is 1. The van der Waals surface area contributed by atoms with E-state index in [1.165, 1.54) is 6.08 Å². The summed E-state index contributed by atoms with van der Waals surface area (Å²) in [5.74, 6) is -0.648. The van der Waals surface area contributed by atoms with E-state index in [9.17, 15) is 9.59 Å². The van der Waals surface area contributed by atoms with Gasteiger partial charge in [-0.2, -0.15) is 0 Å². The quantitative estimate of drug-likeness (QED) is 0.680. The largest absolute Gasteiger partial charge is 0.463 e. The normalized spacial score (nSPS) is 10.4. The number of hydrogen-bond donors (Lipinski definition) is 1. The van der Waals surface area contributed by atoms with E-state index in [-0.39, 0.29) is 11.9 Å². The van der Waals surface area contributed by atoms with Gasteiger partial charge in [-0.3, -0.25) is 9.78 Å². The number of anilines is 1. The summed E-state index contributed by atoms with van der Waals surface area (Å²) in [6.45, 7) is 2.10. The SMILES string of the molecule is CCOC(=O)/C=C/c1ccc(NC(=O)c2ccccn2)cc1. The molecule has 1 N–H and O–H groups in total. The van der Waals surface area contributed by atoms with E-state index in [4.69, 9.17) is 4.74 Å². The van der Waals surface area contributed by atoms with Crippen molar-refractivity contribution >= 4 is 23.6 Å². The summed E-state index contributed by atoms with van der Waals surface area (Å²) in [6.07, 6.45) is 4.59. The summed E-state index contributed by atoms with van der Waals surface area (Å²) in [4.78, 5) is 27.1. The van der Waals surface area contributed by atoms with Crippen molar-refractivity contribution in [2.45, 2.75) is 6.92 Å². The zero-order valence-corrected chi connectivity index (χ0v) is 12.2. The van der Waals surface area contributed by atoms with Gasteiger partial charge in [0.1, 0.15) is 5.69 Å². The summed E-state index contributed by atoms with van der Waals surface area (Å²) >= 11 is 0. The number of benzene rings is 1. The number of carbonyl (C=O) groups is 2. The van der Waals surface area contributed by atoms with Crippen molar-refractivity contribution in [1.82, 2.24) is 4.98 Å². The average molecular weight is 296 g/mol. The monoisotopic (exact) mass is 296 g/mol. The first-order chi connectivity index (χ1) is 10.7. The van der Waals surface area contributed by atoms with Crippen LogP contribution in [0.15, 0.2) is 54.7 Å². The van der Waals surface area contributed by atoms with Gasteiger partial charge in [0.15, 0.2) is 0 Å². The zero-order chi connectivity index (χ0) is 15.8. The van der Waals surface area contributed by atoms with Crippen molar-refractivity contribution in [3.8, 4) is 0 Å². The minimum Gasteiger partial charge on any atom is -0.463 e. The Morgan fingerprint density at radius 2 is 1.95 bits per heavy atom. The van der Waals surface area contributed by atoms with E-state index in [0.29, 0.717) is 18.0 Å². The standard InChI is InChI=1S/C17H16N2O3/c1-2-22-16(20)11-8-13-6-9-14(10-7-13)19-17(21)15-5-3-4-12-18-15/h3-12H,2H2,1H3,(H,19,21)/b11-8+. The molecule has 0 aliphatic rings. The fourth-order valence-electron chi connectivity index (χ4n) is 1.72. The maximum atomic E-state index is 11.9. The highest BCUT2D eigenvalue weighted by Crippen LogP contribution is 2.12. The molecular formula is C17H16N2O3. The van der Waals surface area contributed by atoms with Crippen molar-refractivity contribution < 1.29 is 14.3 Å². The third-order valence-electron chi connectivity index (χ3n) is 2.76. The van der Waals surface area contributed by atoms with Crippen LogP contribution in [0.25, 0.3) is 6.08 Å². The van der Waals surface area contributed by atoms with Gasteiger partial charge in [0, 0.05) is 18.0 Å². The minimum atomic E-state index is -0.380. The first-order valence-corrected chi connectivity index (χ1v) is 6.86. The number of nitrogens with one attached hydrogen (secondary N) is 1. The Morgan fingerprint density at radius 3 is 2.59 bits per heavy atom. The van der Waals surface area contributed by atoms with Crippen LogP contribution in [-0.2, 0) is 9.53 Å². The van der Waals surface area contributed by atoms with Crippen LogP contribution in [0.1, 0.15) is 23.0 Å². The maximum absolute atomic E-state index is 11.9. The predicted molar refractivity (Wildman–Crippen MR) is 84.3 cm³/mol. The number of nitrogens with zero attached hydrogens (tertiary/aromatic N) is 1. The van der Waals surface area contributed by atoms with Crippen molar-refractivity contribution in [2.24, 2.45) is 0 Å². The number of amides is 1. The molecule has 5 heteroatoms. The molecule has 0 saturated carbocycles. The molecule has 1 aromatic heterocycles. The molecule has 112 valence electrons. The molecule has 0 aliphatic carbocycles. The third-order valence-corrected chi connectivity index (χ3v) is 2.76. The second-order valence-electron chi connectivity index (χ2n) is 4.38. The van der Waals surface area contributed by atoms with Crippen LogP contribution in [0.2, 0.25) is 0 Å². The summed E-state index contributed by atoms with van der Waals surface area (Å²) in [7, 11) is 0. The number of hydrogen-bond acceptors (Lipinski definition) is 4. The molecular weight excluding hydrogens is 280 g/mol. The predicted octanol–water partition coefficient (Wildman–Crippen LogP) is 2.91. The molecule has 0 radical (unpaired) electrons. The lowest BCUT2D eigenvalue weighted by molar-refractivity contribution is -0.137. The molecule has 22 heavy (non-hydrogen) atoms. The Bertz CT molecular complexity index is 664. The second kappa shape index (κ2) is 7.73. The Morgan fingerprint density at radius 1 is 1.18 bits per heavy atom. The van der Waals surface area contributed by atoms with E-state index >= 15 is 0 Å². The molecule has 5 nitrogen and oxygen atoms in total. The first-order valence-electron chi connectivity index (χ1n) is 6.86. The van der Waals surface area contributed by atoms with Crippen LogP contribution < -0.4 is 5.32 Å². The van der Waals surface area contributed by atoms with Gasteiger partial charge in [-0.1, -0.05) is 18.2 Å². The number of aromatic nitrogens is 1. The lowest BCUT2D eigenvalue weighted by atomic mass is 10.2. The highest BCUT2D eigenvalue weighted by molar-refractivity contribution is 6.02. The van der Waals surface area contributed by atoms with Gasteiger partial charge >= 0.3 is 5.97 Å². The third kappa shape index (κ3) is 4.56. The number of ether oxygens (including phenoxy) is 1. The van der Waals surface area contributed by atoms with Crippen LogP contribution >= 0.6 is 0 Å². The molecule has 1 amide bonds. The number of esters is 1.